The summed E-state index contributed by atoms with van der Waals surface area (Å²) in [6.45, 7) is 2.72. The number of carbonyl (C=O) groups is 2. The quantitative estimate of drug-likeness (QED) is 0.567. The predicted molar refractivity (Wildman–Crippen MR) is 126 cm³/mol. The lowest BCUT2D eigenvalue weighted by Gasteiger charge is -2.32. The van der Waals surface area contributed by atoms with Crippen LogP contribution in [-0.2, 0) is 16.0 Å². The van der Waals surface area contributed by atoms with E-state index in [4.69, 9.17) is 5.73 Å². The molecule has 1 fully saturated rings. The van der Waals surface area contributed by atoms with Crippen molar-refractivity contribution in [1.29, 1.82) is 0 Å². The van der Waals surface area contributed by atoms with Gasteiger partial charge in [0.1, 0.15) is 5.78 Å². The summed E-state index contributed by atoms with van der Waals surface area (Å²) in [5, 5.41) is 0. The fourth-order valence-electron chi connectivity index (χ4n) is 4.26. The molecule has 4 heteroatoms. The molecule has 31 heavy (non-hydrogen) atoms. The first-order valence-corrected chi connectivity index (χ1v) is 10.8. The minimum atomic E-state index is -0.240. The molecule has 0 bridgehead atoms. The largest absolute Gasteiger partial charge is 0.398 e. The van der Waals surface area contributed by atoms with Crippen molar-refractivity contribution in [2.24, 2.45) is 5.92 Å². The highest BCUT2D eigenvalue weighted by Gasteiger charge is 2.31. The lowest BCUT2D eigenvalue weighted by atomic mass is 9.90. The van der Waals surface area contributed by atoms with Gasteiger partial charge in [-0.05, 0) is 49.1 Å². The predicted octanol–water partition coefficient (Wildman–Crippen LogP) is 5.19. The molecule has 0 radical (unpaired) electrons. The first-order valence-electron chi connectivity index (χ1n) is 10.8. The van der Waals surface area contributed by atoms with Crippen LogP contribution in [0, 0.1) is 12.8 Å². The molecule has 1 amide bonds. The molecule has 0 saturated carbocycles. The van der Waals surface area contributed by atoms with Gasteiger partial charge in [0.25, 0.3) is 0 Å². The van der Waals surface area contributed by atoms with E-state index in [9.17, 15) is 9.59 Å². The van der Waals surface area contributed by atoms with Crippen molar-refractivity contribution < 1.29 is 9.59 Å². The van der Waals surface area contributed by atoms with Gasteiger partial charge in [0.05, 0.1) is 0 Å². The molecule has 158 valence electrons. The average molecular weight is 413 g/mol. The van der Waals surface area contributed by atoms with Crippen LogP contribution >= 0.6 is 0 Å². The number of aryl methyl sites for hydroxylation is 1. The lowest BCUT2D eigenvalue weighted by molar-refractivity contribution is -0.128. The van der Waals surface area contributed by atoms with E-state index in [0.29, 0.717) is 19.4 Å². The number of carbonyl (C=O) groups excluding carboxylic acids is 2. The van der Waals surface area contributed by atoms with E-state index in [-0.39, 0.29) is 17.6 Å². The van der Waals surface area contributed by atoms with Crippen LogP contribution in [0.5, 0.6) is 0 Å². The van der Waals surface area contributed by atoms with Gasteiger partial charge < -0.3 is 10.6 Å². The van der Waals surface area contributed by atoms with Crippen molar-refractivity contribution in [2.75, 3.05) is 17.2 Å². The molecule has 1 saturated heterocycles. The summed E-state index contributed by atoms with van der Waals surface area (Å²) >= 11 is 0. The van der Waals surface area contributed by atoms with Gasteiger partial charge >= 0.3 is 0 Å². The highest BCUT2D eigenvalue weighted by molar-refractivity contribution is 5.98. The van der Waals surface area contributed by atoms with Crippen molar-refractivity contribution in [1.82, 2.24) is 0 Å². The summed E-state index contributed by atoms with van der Waals surface area (Å²) < 4.78 is 0. The Kier molecular flexibility index (Phi) is 6.17. The van der Waals surface area contributed by atoms with Crippen LogP contribution in [0.2, 0.25) is 0 Å². The molecule has 3 aromatic rings. The van der Waals surface area contributed by atoms with E-state index in [0.717, 1.165) is 40.9 Å². The fraction of sp³-hybridized carbons (Fsp3) is 0.259. The normalized spacial score (nSPS) is 16.4. The molecule has 4 rings (SSSR count). The standard InChI is InChI=1S/C27H28N2O2/c1-19-8-10-20(11-9-19)17-24(30)18-22-5-4-16-29(27(22)31)23-14-12-21(13-15-23)25-6-2-3-7-26(25)28/h2-3,6-15,22H,4-5,16-18,28H2,1H3/t22-/m0/s1. The summed E-state index contributed by atoms with van der Waals surface area (Å²) in [6, 6.07) is 23.7. The number of ketones is 1. The summed E-state index contributed by atoms with van der Waals surface area (Å²) in [5.41, 5.74) is 11.9. The highest BCUT2D eigenvalue weighted by atomic mass is 16.2. The number of anilines is 2. The van der Waals surface area contributed by atoms with E-state index in [2.05, 4.69) is 0 Å². The molecule has 4 nitrogen and oxygen atoms in total. The van der Waals surface area contributed by atoms with Crippen LogP contribution in [0.3, 0.4) is 0 Å². The monoisotopic (exact) mass is 412 g/mol. The lowest BCUT2D eigenvalue weighted by Crippen LogP contribution is -2.42. The molecule has 1 heterocycles. The van der Waals surface area contributed by atoms with Crippen LogP contribution in [0.25, 0.3) is 11.1 Å². The van der Waals surface area contributed by atoms with Crippen LogP contribution in [0.1, 0.15) is 30.4 Å². The van der Waals surface area contributed by atoms with E-state index in [1.54, 1.807) is 0 Å². The molecule has 0 aliphatic carbocycles. The fourth-order valence-corrected chi connectivity index (χ4v) is 4.26. The Balaban J connectivity index is 1.43. The number of hydrogen-bond acceptors (Lipinski definition) is 3. The van der Waals surface area contributed by atoms with Gasteiger partial charge in [-0.3, -0.25) is 9.59 Å². The number of amides is 1. The maximum atomic E-state index is 13.1. The highest BCUT2D eigenvalue weighted by Crippen LogP contribution is 2.30. The van der Waals surface area contributed by atoms with Crippen molar-refractivity contribution in [3.05, 3.63) is 83.9 Å². The number of para-hydroxylation sites is 1. The molecule has 0 spiro atoms. The van der Waals surface area contributed by atoms with Gasteiger partial charge in [0.2, 0.25) is 5.91 Å². The molecule has 2 N–H and O–H groups in total. The zero-order valence-electron chi connectivity index (χ0n) is 17.9. The zero-order valence-corrected chi connectivity index (χ0v) is 17.9. The van der Waals surface area contributed by atoms with Gasteiger partial charge in [0.15, 0.2) is 0 Å². The van der Waals surface area contributed by atoms with Crippen molar-refractivity contribution in [3.8, 4) is 11.1 Å². The minimum Gasteiger partial charge on any atom is -0.398 e. The Morgan fingerprint density at radius 3 is 2.42 bits per heavy atom. The first-order chi connectivity index (χ1) is 15.0. The molecule has 0 unspecified atom stereocenters. The molecule has 3 aromatic carbocycles. The van der Waals surface area contributed by atoms with Gasteiger partial charge in [-0.1, -0.05) is 60.2 Å². The third-order valence-electron chi connectivity index (χ3n) is 6.00. The second kappa shape index (κ2) is 9.17. The van der Waals surface area contributed by atoms with E-state index in [1.807, 2.05) is 84.6 Å². The smallest absolute Gasteiger partial charge is 0.230 e. The summed E-state index contributed by atoms with van der Waals surface area (Å²) in [4.78, 5) is 27.6. The van der Waals surface area contributed by atoms with E-state index >= 15 is 0 Å². The van der Waals surface area contributed by atoms with Crippen molar-refractivity contribution in [2.45, 2.75) is 32.6 Å². The number of piperidine rings is 1. The number of Topliss-reactive ketones (excluding diaryl/α,β-unsaturated/α-hetero) is 1. The second-order valence-corrected chi connectivity index (χ2v) is 8.37. The summed E-state index contributed by atoms with van der Waals surface area (Å²) in [7, 11) is 0. The number of nitrogens with two attached hydrogens (primary N) is 1. The maximum Gasteiger partial charge on any atom is 0.230 e. The molecule has 1 atom stereocenters. The molecule has 1 aliphatic rings. The molecular formula is C27H28N2O2. The number of rotatable bonds is 6. The van der Waals surface area contributed by atoms with Crippen LogP contribution < -0.4 is 10.6 Å². The van der Waals surface area contributed by atoms with Gasteiger partial charge in [0, 0.05) is 42.2 Å². The van der Waals surface area contributed by atoms with Crippen LogP contribution in [0.4, 0.5) is 11.4 Å². The SMILES string of the molecule is Cc1ccc(CC(=O)C[C@@H]2CCCN(c3ccc(-c4ccccc4N)cc3)C2=O)cc1. The second-order valence-electron chi connectivity index (χ2n) is 8.37. The van der Waals surface area contributed by atoms with Gasteiger partial charge in [-0.2, -0.15) is 0 Å². The summed E-state index contributed by atoms with van der Waals surface area (Å²) in [6.07, 6.45) is 2.37. The Morgan fingerprint density at radius 1 is 1.00 bits per heavy atom. The minimum absolute atomic E-state index is 0.0514. The Morgan fingerprint density at radius 2 is 1.71 bits per heavy atom. The Hall–Kier alpha value is -3.40. The molecular weight excluding hydrogens is 384 g/mol. The molecule has 0 aromatic heterocycles. The van der Waals surface area contributed by atoms with Gasteiger partial charge in [-0.15, -0.1) is 0 Å². The topological polar surface area (TPSA) is 63.4 Å². The van der Waals surface area contributed by atoms with E-state index in [1.165, 1.54) is 5.56 Å². The van der Waals surface area contributed by atoms with Crippen LogP contribution in [0.15, 0.2) is 72.8 Å². The third-order valence-corrected chi connectivity index (χ3v) is 6.00. The maximum absolute atomic E-state index is 13.1. The van der Waals surface area contributed by atoms with Gasteiger partial charge in [-0.25, -0.2) is 0 Å². The molecule has 1 aliphatic heterocycles. The third kappa shape index (κ3) is 4.85. The summed E-state index contributed by atoms with van der Waals surface area (Å²) in [5.74, 6) is -0.0643. The number of benzene rings is 3. The van der Waals surface area contributed by atoms with Crippen molar-refractivity contribution in [3.63, 3.8) is 0 Å². The first kappa shape index (κ1) is 20.9. The number of nitrogen functional groups attached to an aromatic ring is 1. The number of nitrogens with zero attached hydrogens (tertiary/aromatic N) is 1. The number of hydrogen-bond donors (Lipinski definition) is 1. The van der Waals surface area contributed by atoms with Crippen LogP contribution in [-0.4, -0.2) is 18.2 Å². The Labute approximate surface area is 183 Å². The Bertz CT molecular complexity index is 1070. The zero-order chi connectivity index (χ0) is 21.8. The van der Waals surface area contributed by atoms with E-state index < -0.39 is 0 Å². The average Bonchev–Trinajstić information content (AvgIpc) is 2.77. The van der Waals surface area contributed by atoms with Crippen molar-refractivity contribution >= 4 is 23.1 Å².